The first-order valence-electron chi connectivity index (χ1n) is 6.30. The lowest BCUT2D eigenvalue weighted by molar-refractivity contribution is 0.102. The molecule has 0 amide bonds. The molecule has 2 aromatic carbocycles. The molecule has 0 atom stereocenters. The van der Waals surface area contributed by atoms with E-state index >= 15 is 0 Å². The van der Waals surface area contributed by atoms with E-state index in [1.165, 1.54) is 23.4 Å². The van der Waals surface area contributed by atoms with E-state index in [1.54, 1.807) is 12.1 Å². The first-order valence-corrected chi connectivity index (χ1v) is 7.28. The molecule has 0 spiro atoms. The molecule has 0 fully saturated rings. The van der Waals surface area contributed by atoms with Gasteiger partial charge in [0.15, 0.2) is 17.4 Å². The molecule has 0 radical (unpaired) electrons. The Labute approximate surface area is 121 Å². The molecule has 0 saturated heterocycles. The highest BCUT2D eigenvalue weighted by Crippen LogP contribution is 2.21. The number of benzene rings is 2. The number of carbonyl (C=O) groups is 1. The monoisotopic (exact) mass is 292 g/mol. The van der Waals surface area contributed by atoms with Crippen molar-refractivity contribution in [2.24, 2.45) is 0 Å². The Bertz CT molecular complexity index is 608. The third kappa shape index (κ3) is 3.67. The van der Waals surface area contributed by atoms with Gasteiger partial charge in [-0.1, -0.05) is 31.2 Å². The SMILES string of the molecule is CCc1ccc(C(=O)CSc2ccc(F)c(F)c2)cc1. The number of halogens is 2. The summed E-state index contributed by atoms with van der Waals surface area (Å²) >= 11 is 1.20. The van der Waals surface area contributed by atoms with Crippen LogP contribution in [0.4, 0.5) is 8.78 Å². The fraction of sp³-hybridized carbons (Fsp3) is 0.188. The van der Waals surface area contributed by atoms with E-state index < -0.39 is 11.6 Å². The van der Waals surface area contributed by atoms with Gasteiger partial charge in [-0.05, 0) is 30.2 Å². The molecule has 0 aliphatic rings. The van der Waals surface area contributed by atoms with Crippen LogP contribution in [0.1, 0.15) is 22.8 Å². The third-order valence-electron chi connectivity index (χ3n) is 2.95. The van der Waals surface area contributed by atoms with E-state index in [9.17, 15) is 13.6 Å². The molecular weight excluding hydrogens is 278 g/mol. The van der Waals surface area contributed by atoms with Crippen molar-refractivity contribution in [3.8, 4) is 0 Å². The number of carbonyl (C=O) groups excluding carboxylic acids is 1. The fourth-order valence-corrected chi connectivity index (χ4v) is 2.54. The van der Waals surface area contributed by atoms with Crippen molar-refractivity contribution >= 4 is 17.5 Å². The van der Waals surface area contributed by atoms with E-state index in [-0.39, 0.29) is 11.5 Å². The van der Waals surface area contributed by atoms with Crippen LogP contribution in [0.5, 0.6) is 0 Å². The normalized spacial score (nSPS) is 10.6. The van der Waals surface area contributed by atoms with Gasteiger partial charge in [-0.25, -0.2) is 8.78 Å². The van der Waals surface area contributed by atoms with Crippen LogP contribution < -0.4 is 0 Å². The lowest BCUT2D eigenvalue weighted by Gasteiger charge is -2.03. The lowest BCUT2D eigenvalue weighted by atomic mass is 10.1. The van der Waals surface area contributed by atoms with Crippen molar-refractivity contribution in [3.63, 3.8) is 0 Å². The van der Waals surface area contributed by atoms with Crippen molar-refractivity contribution in [3.05, 3.63) is 65.2 Å². The Morgan fingerprint density at radius 2 is 1.75 bits per heavy atom. The second-order valence-electron chi connectivity index (χ2n) is 4.34. The maximum atomic E-state index is 13.0. The summed E-state index contributed by atoms with van der Waals surface area (Å²) < 4.78 is 25.8. The van der Waals surface area contributed by atoms with Crippen molar-refractivity contribution < 1.29 is 13.6 Å². The second kappa shape index (κ2) is 6.66. The predicted octanol–water partition coefficient (Wildman–Crippen LogP) is 4.50. The molecule has 0 aliphatic carbocycles. The quantitative estimate of drug-likeness (QED) is 0.596. The summed E-state index contributed by atoms with van der Waals surface area (Å²) in [5.41, 5.74) is 1.81. The molecule has 0 unspecified atom stereocenters. The second-order valence-corrected chi connectivity index (χ2v) is 5.39. The molecule has 0 aromatic heterocycles. The molecule has 2 rings (SSSR count). The molecular formula is C16H14F2OS. The number of ketones is 1. The van der Waals surface area contributed by atoms with Gasteiger partial charge in [-0.15, -0.1) is 11.8 Å². The predicted molar refractivity (Wildman–Crippen MR) is 77.2 cm³/mol. The van der Waals surface area contributed by atoms with Crippen LogP contribution in [0, 0.1) is 11.6 Å². The summed E-state index contributed by atoms with van der Waals surface area (Å²) in [5.74, 6) is -1.59. The van der Waals surface area contributed by atoms with Crippen LogP contribution in [0.25, 0.3) is 0 Å². The minimum absolute atomic E-state index is 0.0256. The molecule has 0 N–H and O–H groups in total. The zero-order valence-corrected chi connectivity index (χ0v) is 11.8. The number of rotatable bonds is 5. The van der Waals surface area contributed by atoms with Gasteiger partial charge in [0.1, 0.15) is 0 Å². The van der Waals surface area contributed by atoms with Gasteiger partial charge >= 0.3 is 0 Å². The van der Waals surface area contributed by atoms with E-state index in [1.807, 2.05) is 12.1 Å². The highest BCUT2D eigenvalue weighted by Gasteiger charge is 2.08. The number of aryl methyl sites for hydroxylation is 1. The van der Waals surface area contributed by atoms with E-state index in [2.05, 4.69) is 6.92 Å². The van der Waals surface area contributed by atoms with Crippen molar-refractivity contribution in [1.29, 1.82) is 0 Å². The number of Topliss-reactive ketones (excluding diaryl/α,β-unsaturated/α-hetero) is 1. The Kier molecular flexibility index (Phi) is 4.90. The summed E-state index contributed by atoms with van der Waals surface area (Å²) in [6.45, 7) is 2.05. The van der Waals surface area contributed by atoms with Gasteiger partial charge in [-0.2, -0.15) is 0 Å². The average Bonchev–Trinajstić information content (AvgIpc) is 2.48. The summed E-state index contributed by atoms with van der Waals surface area (Å²) in [7, 11) is 0. The van der Waals surface area contributed by atoms with Crippen LogP contribution in [-0.4, -0.2) is 11.5 Å². The Morgan fingerprint density at radius 1 is 1.05 bits per heavy atom. The lowest BCUT2D eigenvalue weighted by Crippen LogP contribution is -2.02. The average molecular weight is 292 g/mol. The highest BCUT2D eigenvalue weighted by molar-refractivity contribution is 8.00. The number of hydrogen-bond donors (Lipinski definition) is 0. The summed E-state index contributed by atoms with van der Waals surface area (Å²) in [6, 6.07) is 11.1. The van der Waals surface area contributed by atoms with E-state index in [0.29, 0.717) is 10.5 Å². The van der Waals surface area contributed by atoms with E-state index in [0.717, 1.165) is 18.6 Å². The van der Waals surface area contributed by atoms with Gasteiger partial charge in [0, 0.05) is 10.5 Å². The standard InChI is InChI=1S/C16H14F2OS/c1-2-11-3-5-12(6-4-11)16(19)10-20-13-7-8-14(17)15(18)9-13/h3-9H,2,10H2,1H3. The summed E-state index contributed by atoms with van der Waals surface area (Å²) in [6.07, 6.45) is 0.929. The largest absolute Gasteiger partial charge is 0.293 e. The zero-order valence-electron chi connectivity index (χ0n) is 11.0. The molecule has 0 saturated carbocycles. The zero-order chi connectivity index (χ0) is 14.5. The molecule has 4 heteroatoms. The van der Waals surface area contributed by atoms with Crippen LogP contribution >= 0.6 is 11.8 Å². The molecule has 0 bridgehead atoms. The van der Waals surface area contributed by atoms with Gasteiger partial charge in [0.2, 0.25) is 0 Å². The highest BCUT2D eigenvalue weighted by atomic mass is 32.2. The molecule has 104 valence electrons. The summed E-state index contributed by atoms with van der Waals surface area (Å²) in [4.78, 5) is 12.5. The van der Waals surface area contributed by atoms with Crippen molar-refractivity contribution in [2.75, 3.05) is 5.75 Å². The van der Waals surface area contributed by atoms with Crippen molar-refractivity contribution in [1.82, 2.24) is 0 Å². The third-order valence-corrected chi connectivity index (χ3v) is 3.94. The fourth-order valence-electron chi connectivity index (χ4n) is 1.73. The topological polar surface area (TPSA) is 17.1 Å². The minimum atomic E-state index is -0.894. The Morgan fingerprint density at radius 3 is 2.35 bits per heavy atom. The van der Waals surface area contributed by atoms with Gasteiger partial charge in [-0.3, -0.25) is 4.79 Å². The molecule has 1 nitrogen and oxygen atoms in total. The van der Waals surface area contributed by atoms with Crippen LogP contribution in [-0.2, 0) is 6.42 Å². The smallest absolute Gasteiger partial charge is 0.173 e. The molecule has 0 aliphatic heterocycles. The number of hydrogen-bond acceptors (Lipinski definition) is 2. The first kappa shape index (κ1) is 14.7. The maximum Gasteiger partial charge on any atom is 0.173 e. The van der Waals surface area contributed by atoms with E-state index in [4.69, 9.17) is 0 Å². The van der Waals surface area contributed by atoms with Gasteiger partial charge in [0.05, 0.1) is 5.75 Å². The molecule has 2 aromatic rings. The minimum Gasteiger partial charge on any atom is -0.293 e. The maximum absolute atomic E-state index is 13.0. The number of thioether (sulfide) groups is 1. The van der Waals surface area contributed by atoms with Gasteiger partial charge < -0.3 is 0 Å². The van der Waals surface area contributed by atoms with Crippen LogP contribution in [0.2, 0.25) is 0 Å². The van der Waals surface area contributed by atoms with Crippen molar-refractivity contribution in [2.45, 2.75) is 18.2 Å². The summed E-state index contributed by atoms with van der Waals surface area (Å²) in [5, 5.41) is 0. The molecule has 20 heavy (non-hydrogen) atoms. The Hall–Kier alpha value is -1.68. The Balaban J connectivity index is 1.98. The first-order chi connectivity index (χ1) is 9.60. The van der Waals surface area contributed by atoms with Crippen LogP contribution in [0.3, 0.4) is 0 Å². The van der Waals surface area contributed by atoms with Gasteiger partial charge in [0.25, 0.3) is 0 Å². The van der Waals surface area contributed by atoms with Crippen LogP contribution in [0.15, 0.2) is 47.4 Å². The molecule has 0 heterocycles.